The molecule has 2 aromatic carbocycles. The second-order valence-corrected chi connectivity index (χ2v) is 5.75. The standard InChI is InChI=1S/C20H19N5O2/c1-2-27-20(19(26)22-13-16-10-8-15(12-21)9-11-16)25-14-23-18(24-25)17-6-4-3-5-7-17/h3-11,14,20H,2,13H2,1H3,(H,22,26)/t20-/m0/s1. The van der Waals surface area contributed by atoms with Crippen molar-refractivity contribution >= 4 is 5.91 Å². The van der Waals surface area contributed by atoms with Gasteiger partial charge in [-0.2, -0.15) is 5.26 Å². The van der Waals surface area contributed by atoms with Crippen molar-refractivity contribution in [1.29, 1.82) is 5.26 Å². The molecule has 0 aliphatic heterocycles. The number of carbonyl (C=O) groups is 1. The number of amides is 1. The van der Waals surface area contributed by atoms with Crippen molar-refractivity contribution in [2.75, 3.05) is 6.61 Å². The Morgan fingerprint density at radius 2 is 1.96 bits per heavy atom. The molecule has 3 aromatic rings. The maximum atomic E-state index is 12.6. The lowest BCUT2D eigenvalue weighted by atomic mass is 10.1. The van der Waals surface area contributed by atoms with E-state index in [4.69, 9.17) is 10.00 Å². The van der Waals surface area contributed by atoms with E-state index in [9.17, 15) is 4.79 Å². The number of aromatic nitrogens is 3. The number of nitrogens with zero attached hydrogens (tertiary/aromatic N) is 4. The molecule has 1 heterocycles. The van der Waals surface area contributed by atoms with Crippen LogP contribution >= 0.6 is 0 Å². The summed E-state index contributed by atoms with van der Waals surface area (Å²) in [4.78, 5) is 16.9. The number of rotatable bonds is 7. The summed E-state index contributed by atoms with van der Waals surface area (Å²) in [5, 5.41) is 16.1. The first-order valence-corrected chi connectivity index (χ1v) is 8.56. The average Bonchev–Trinajstić information content (AvgIpc) is 3.21. The molecule has 3 rings (SSSR count). The number of ether oxygens (including phenoxy) is 1. The van der Waals surface area contributed by atoms with Gasteiger partial charge in [-0.1, -0.05) is 42.5 Å². The van der Waals surface area contributed by atoms with Crippen molar-refractivity contribution in [1.82, 2.24) is 20.1 Å². The van der Waals surface area contributed by atoms with Crippen molar-refractivity contribution in [2.24, 2.45) is 0 Å². The third-order valence-corrected chi connectivity index (χ3v) is 3.88. The van der Waals surface area contributed by atoms with E-state index in [0.717, 1.165) is 11.1 Å². The molecule has 0 aliphatic carbocycles. The van der Waals surface area contributed by atoms with Gasteiger partial charge in [0.25, 0.3) is 5.91 Å². The third-order valence-electron chi connectivity index (χ3n) is 3.88. The lowest BCUT2D eigenvalue weighted by Crippen LogP contribution is -2.34. The van der Waals surface area contributed by atoms with Crippen molar-refractivity contribution in [2.45, 2.75) is 19.7 Å². The Bertz CT molecular complexity index is 929. The fourth-order valence-corrected chi connectivity index (χ4v) is 2.51. The van der Waals surface area contributed by atoms with Crippen LogP contribution in [0.15, 0.2) is 60.9 Å². The smallest absolute Gasteiger partial charge is 0.272 e. The summed E-state index contributed by atoms with van der Waals surface area (Å²) >= 11 is 0. The molecule has 7 heteroatoms. The van der Waals surface area contributed by atoms with Crippen molar-refractivity contribution in [3.8, 4) is 17.5 Å². The van der Waals surface area contributed by atoms with Gasteiger partial charge in [0.05, 0.1) is 11.6 Å². The Morgan fingerprint density at radius 1 is 1.22 bits per heavy atom. The Labute approximate surface area is 157 Å². The Balaban J connectivity index is 1.70. The van der Waals surface area contributed by atoms with Crippen molar-refractivity contribution < 1.29 is 9.53 Å². The van der Waals surface area contributed by atoms with Crippen molar-refractivity contribution in [3.63, 3.8) is 0 Å². The predicted octanol–water partition coefficient (Wildman–Crippen LogP) is 2.67. The summed E-state index contributed by atoms with van der Waals surface area (Å²) in [6, 6.07) is 18.6. The number of hydrogen-bond acceptors (Lipinski definition) is 5. The van der Waals surface area contributed by atoms with Crippen LogP contribution in [0.1, 0.15) is 24.3 Å². The number of hydrogen-bond donors (Lipinski definition) is 1. The molecule has 1 atom stereocenters. The highest BCUT2D eigenvalue weighted by Gasteiger charge is 2.22. The van der Waals surface area contributed by atoms with Gasteiger partial charge in [0.2, 0.25) is 6.23 Å². The first-order chi connectivity index (χ1) is 13.2. The zero-order valence-corrected chi connectivity index (χ0v) is 14.9. The molecule has 0 saturated carbocycles. The molecule has 0 aliphatic rings. The van der Waals surface area contributed by atoms with Crippen LogP contribution in [-0.4, -0.2) is 27.3 Å². The van der Waals surface area contributed by atoms with Crippen LogP contribution in [0, 0.1) is 11.3 Å². The topological polar surface area (TPSA) is 92.8 Å². The molecule has 0 unspecified atom stereocenters. The molecule has 136 valence electrons. The SMILES string of the molecule is CCO[C@@H](C(=O)NCc1ccc(C#N)cc1)n1cnc(-c2ccccc2)n1. The number of carbonyl (C=O) groups excluding carboxylic acids is 1. The minimum Gasteiger partial charge on any atom is -0.348 e. The highest BCUT2D eigenvalue weighted by atomic mass is 16.5. The molecule has 7 nitrogen and oxygen atoms in total. The van der Waals surface area contributed by atoms with Crippen LogP contribution in [0.4, 0.5) is 0 Å². The molecule has 1 aromatic heterocycles. The lowest BCUT2D eigenvalue weighted by molar-refractivity contribution is -0.139. The molecule has 0 radical (unpaired) electrons. The van der Waals surface area contributed by atoms with Gasteiger partial charge >= 0.3 is 0 Å². The number of nitriles is 1. The largest absolute Gasteiger partial charge is 0.348 e. The van der Waals surface area contributed by atoms with E-state index in [1.54, 1.807) is 24.3 Å². The van der Waals surface area contributed by atoms with Gasteiger partial charge < -0.3 is 10.1 Å². The highest BCUT2D eigenvalue weighted by molar-refractivity contribution is 5.78. The molecule has 0 saturated heterocycles. The van der Waals surface area contributed by atoms with E-state index in [0.29, 0.717) is 24.5 Å². The lowest BCUT2D eigenvalue weighted by Gasteiger charge is -2.16. The molecule has 0 fully saturated rings. The fraction of sp³-hybridized carbons (Fsp3) is 0.200. The molecule has 0 spiro atoms. The van der Waals surface area contributed by atoms with Gasteiger partial charge in [-0.25, -0.2) is 9.67 Å². The normalized spacial score (nSPS) is 11.6. The zero-order valence-electron chi connectivity index (χ0n) is 14.9. The summed E-state index contributed by atoms with van der Waals surface area (Å²) in [7, 11) is 0. The average molecular weight is 361 g/mol. The van der Waals surface area contributed by atoms with Gasteiger partial charge in [0.1, 0.15) is 6.33 Å². The van der Waals surface area contributed by atoms with Crippen molar-refractivity contribution in [3.05, 3.63) is 72.1 Å². The molecule has 1 N–H and O–H groups in total. The Kier molecular flexibility index (Phi) is 5.92. The van der Waals surface area contributed by atoms with Gasteiger partial charge in [-0.15, -0.1) is 5.10 Å². The number of nitrogens with one attached hydrogen (secondary N) is 1. The molecular weight excluding hydrogens is 342 g/mol. The molecule has 27 heavy (non-hydrogen) atoms. The highest BCUT2D eigenvalue weighted by Crippen LogP contribution is 2.16. The summed E-state index contributed by atoms with van der Waals surface area (Å²) in [6.45, 7) is 2.50. The Hall–Kier alpha value is -3.50. The van der Waals surface area contributed by atoms with Crippen LogP contribution in [0.3, 0.4) is 0 Å². The first kappa shape index (κ1) is 18.3. The monoisotopic (exact) mass is 361 g/mol. The van der Waals surface area contributed by atoms with E-state index in [-0.39, 0.29) is 5.91 Å². The number of benzene rings is 2. The molecule has 0 bridgehead atoms. The zero-order chi connectivity index (χ0) is 19.1. The summed E-state index contributed by atoms with van der Waals surface area (Å²) < 4.78 is 6.99. The second kappa shape index (κ2) is 8.74. The maximum absolute atomic E-state index is 12.6. The minimum atomic E-state index is -0.904. The maximum Gasteiger partial charge on any atom is 0.272 e. The van der Waals surface area contributed by atoms with Crippen LogP contribution in [0.5, 0.6) is 0 Å². The van der Waals surface area contributed by atoms with Gasteiger partial charge in [-0.3, -0.25) is 4.79 Å². The second-order valence-electron chi connectivity index (χ2n) is 5.75. The van der Waals surface area contributed by atoms with E-state index >= 15 is 0 Å². The van der Waals surface area contributed by atoms with E-state index in [2.05, 4.69) is 21.5 Å². The van der Waals surface area contributed by atoms with Gasteiger partial charge in [0, 0.05) is 18.7 Å². The van der Waals surface area contributed by atoms with Crippen LogP contribution in [0.25, 0.3) is 11.4 Å². The quantitative estimate of drug-likeness (QED) is 0.698. The summed E-state index contributed by atoms with van der Waals surface area (Å²) in [5.74, 6) is 0.214. The van der Waals surface area contributed by atoms with Gasteiger partial charge in [0.15, 0.2) is 5.82 Å². The van der Waals surface area contributed by atoms with Gasteiger partial charge in [-0.05, 0) is 24.6 Å². The molecular formula is C20H19N5O2. The molecule has 1 amide bonds. The van der Waals surface area contributed by atoms with Crippen LogP contribution < -0.4 is 5.32 Å². The predicted molar refractivity (Wildman–Crippen MR) is 99.1 cm³/mol. The summed E-state index contributed by atoms with van der Waals surface area (Å²) in [6.07, 6.45) is 0.586. The fourth-order valence-electron chi connectivity index (χ4n) is 2.51. The van der Waals surface area contributed by atoms with E-state index in [1.165, 1.54) is 11.0 Å². The Morgan fingerprint density at radius 3 is 2.63 bits per heavy atom. The van der Waals surface area contributed by atoms with Crippen LogP contribution in [-0.2, 0) is 16.1 Å². The summed E-state index contributed by atoms with van der Waals surface area (Å²) in [5.41, 5.74) is 2.33. The third kappa shape index (κ3) is 4.57. The van der Waals surface area contributed by atoms with Crippen LogP contribution in [0.2, 0.25) is 0 Å². The first-order valence-electron chi connectivity index (χ1n) is 8.56. The van der Waals surface area contributed by atoms with E-state index < -0.39 is 6.23 Å². The minimum absolute atomic E-state index is 0.314. The van der Waals surface area contributed by atoms with E-state index in [1.807, 2.05) is 37.3 Å².